The van der Waals surface area contributed by atoms with E-state index in [0.717, 1.165) is 0 Å². The minimum absolute atomic E-state index is 0.246. The van der Waals surface area contributed by atoms with Crippen molar-refractivity contribution in [2.24, 2.45) is 5.41 Å². The molecule has 1 unspecified atom stereocenters. The molecule has 2 saturated carbocycles. The van der Waals surface area contributed by atoms with Crippen molar-refractivity contribution in [2.45, 2.75) is 45.2 Å². The van der Waals surface area contributed by atoms with Crippen molar-refractivity contribution in [1.82, 2.24) is 10.2 Å². The smallest absolute Gasteiger partial charge is 0.236 e. The van der Waals surface area contributed by atoms with Gasteiger partial charge in [-0.05, 0) is 24.7 Å². The van der Waals surface area contributed by atoms with Crippen LogP contribution in [0.25, 0.3) is 0 Å². The summed E-state index contributed by atoms with van der Waals surface area (Å²) >= 11 is 0. The molecule has 0 aromatic rings. The van der Waals surface area contributed by atoms with E-state index >= 15 is 0 Å². The molecule has 0 heterocycles. The minimum Gasteiger partial charge on any atom is -0.342 e. The Morgan fingerprint density at radius 2 is 2.07 bits per heavy atom. The topological polar surface area (TPSA) is 32.3 Å². The second kappa shape index (κ2) is 3.23. The highest BCUT2D eigenvalue weighted by Gasteiger charge is 2.45. The Kier molecular flexibility index (Phi) is 2.30. The molecule has 2 fully saturated rings. The summed E-state index contributed by atoms with van der Waals surface area (Å²) in [6, 6.07) is 1.09. The molecule has 1 amide bonds. The lowest BCUT2D eigenvalue weighted by Crippen LogP contribution is -2.38. The van der Waals surface area contributed by atoms with Gasteiger partial charge in [0, 0.05) is 19.1 Å². The number of rotatable bonds is 4. The van der Waals surface area contributed by atoms with Gasteiger partial charge in [-0.25, -0.2) is 0 Å². The molecule has 0 saturated heterocycles. The van der Waals surface area contributed by atoms with E-state index in [2.05, 4.69) is 19.2 Å². The van der Waals surface area contributed by atoms with Crippen LogP contribution < -0.4 is 5.32 Å². The van der Waals surface area contributed by atoms with E-state index in [1.165, 1.54) is 19.3 Å². The molecule has 1 atom stereocenters. The molecule has 2 rings (SSSR count). The van der Waals surface area contributed by atoms with Gasteiger partial charge >= 0.3 is 0 Å². The minimum atomic E-state index is 0.246. The highest BCUT2D eigenvalue weighted by Crippen LogP contribution is 2.44. The summed E-state index contributed by atoms with van der Waals surface area (Å²) in [5, 5.41) is 3.32. The number of nitrogens with one attached hydrogen (secondary N) is 1. The largest absolute Gasteiger partial charge is 0.342 e. The first-order valence-corrected chi connectivity index (χ1v) is 5.50. The zero-order valence-corrected chi connectivity index (χ0v) is 9.34. The molecule has 3 nitrogen and oxygen atoms in total. The fraction of sp³-hybridized carbons (Fsp3) is 0.909. The average molecular weight is 196 g/mol. The Balaban J connectivity index is 1.68. The zero-order chi connectivity index (χ0) is 10.3. The molecule has 2 aliphatic carbocycles. The number of nitrogens with zero attached hydrogens (tertiary/aromatic N) is 1. The number of carbonyl (C=O) groups is 1. The highest BCUT2D eigenvalue weighted by molar-refractivity contribution is 5.78. The van der Waals surface area contributed by atoms with Gasteiger partial charge in [0.1, 0.15) is 0 Å². The second-order valence-corrected chi connectivity index (χ2v) is 5.36. The van der Waals surface area contributed by atoms with E-state index < -0.39 is 0 Å². The number of carbonyl (C=O) groups excluding carboxylic acids is 1. The molecule has 2 aliphatic rings. The van der Waals surface area contributed by atoms with Crippen LogP contribution in [0.5, 0.6) is 0 Å². The summed E-state index contributed by atoms with van der Waals surface area (Å²) in [5.41, 5.74) is 0.415. The Labute approximate surface area is 85.8 Å². The first-order chi connectivity index (χ1) is 6.50. The van der Waals surface area contributed by atoms with Gasteiger partial charge in [-0.15, -0.1) is 0 Å². The lowest BCUT2D eigenvalue weighted by atomic mass is 10.2. The van der Waals surface area contributed by atoms with Crippen LogP contribution in [0.2, 0.25) is 0 Å². The van der Waals surface area contributed by atoms with E-state index in [1.807, 2.05) is 11.9 Å². The number of hydrogen-bond acceptors (Lipinski definition) is 2. The van der Waals surface area contributed by atoms with Crippen molar-refractivity contribution in [3.63, 3.8) is 0 Å². The third-order valence-corrected chi connectivity index (χ3v) is 3.50. The predicted octanol–water partition coefficient (Wildman–Crippen LogP) is 0.995. The average Bonchev–Trinajstić information content (AvgIpc) is 2.97. The van der Waals surface area contributed by atoms with Crippen molar-refractivity contribution in [3.05, 3.63) is 0 Å². The molecular formula is C11H20N2O. The molecule has 0 radical (unpaired) electrons. The summed E-state index contributed by atoms with van der Waals surface area (Å²) in [7, 11) is 1.92. The van der Waals surface area contributed by atoms with Crippen molar-refractivity contribution in [3.8, 4) is 0 Å². The van der Waals surface area contributed by atoms with E-state index in [-0.39, 0.29) is 5.91 Å². The van der Waals surface area contributed by atoms with Crippen LogP contribution in [-0.2, 0) is 4.79 Å². The van der Waals surface area contributed by atoms with Crippen LogP contribution in [-0.4, -0.2) is 36.5 Å². The van der Waals surface area contributed by atoms with Gasteiger partial charge in [0.25, 0.3) is 0 Å². The standard InChI is InChI=1S/C11H20N2O/c1-11(2)6-9(11)12-7-10(14)13(3)8-4-5-8/h8-9,12H,4-7H2,1-3H3. The van der Waals surface area contributed by atoms with Crippen LogP contribution in [0.15, 0.2) is 0 Å². The molecule has 3 heteroatoms. The van der Waals surface area contributed by atoms with Crippen molar-refractivity contribution in [2.75, 3.05) is 13.6 Å². The number of amides is 1. The summed E-state index contributed by atoms with van der Waals surface area (Å²) in [6.45, 7) is 4.99. The maximum Gasteiger partial charge on any atom is 0.236 e. The van der Waals surface area contributed by atoms with E-state index in [9.17, 15) is 4.79 Å². The maximum absolute atomic E-state index is 11.6. The summed E-state index contributed by atoms with van der Waals surface area (Å²) in [5.74, 6) is 0.246. The molecule has 0 spiro atoms. The molecule has 0 aromatic heterocycles. The molecular weight excluding hydrogens is 176 g/mol. The lowest BCUT2D eigenvalue weighted by molar-refractivity contribution is -0.129. The number of likely N-dealkylation sites (N-methyl/N-ethyl adjacent to an activating group) is 1. The fourth-order valence-corrected chi connectivity index (χ4v) is 1.82. The van der Waals surface area contributed by atoms with Gasteiger partial charge in [0.15, 0.2) is 0 Å². The first-order valence-electron chi connectivity index (χ1n) is 5.50. The van der Waals surface area contributed by atoms with Crippen LogP contribution in [0.3, 0.4) is 0 Å². The Morgan fingerprint density at radius 1 is 1.50 bits per heavy atom. The lowest BCUT2D eigenvalue weighted by Gasteiger charge is -2.16. The van der Waals surface area contributed by atoms with Gasteiger partial charge in [0.2, 0.25) is 5.91 Å². The molecule has 0 bridgehead atoms. The summed E-state index contributed by atoms with van der Waals surface area (Å²) in [6.07, 6.45) is 3.59. The fourth-order valence-electron chi connectivity index (χ4n) is 1.82. The summed E-state index contributed by atoms with van der Waals surface area (Å²) in [4.78, 5) is 13.5. The molecule has 0 aromatic carbocycles. The quantitative estimate of drug-likeness (QED) is 0.727. The third-order valence-electron chi connectivity index (χ3n) is 3.50. The Morgan fingerprint density at radius 3 is 2.50 bits per heavy atom. The van der Waals surface area contributed by atoms with E-state index in [0.29, 0.717) is 24.0 Å². The van der Waals surface area contributed by atoms with Gasteiger partial charge in [-0.1, -0.05) is 13.8 Å². The van der Waals surface area contributed by atoms with E-state index in [4.69, 9.17) is 0 Å². The molecule has 0 aliphatic heterocycles. The van der Waals surface area contributed by atoms with Crippen molar-refractivity contribution in [1.29, 1.82) is 0 Å². The predicted molar refractivity (Wildman–Crippen MR) is 56.0 cm³/mol. The first kappa shape index (κ1) is 9.97. The van der Waals surface area contributed by atoms with Gasteiger partial charge < -0.3 is 10.2 Å². The highest BCUT2D eigenvalue weighted by atomic mass is 16.2. The van der Waals surface area contributed by atoms with Crippen LogP contribution in [0, 0.1) is 5.41 Å². The van der Waals surface area contributed by atoms with Crippen LogP contribution in [0.1, 0.15) is 33.1 Å². The van der Waals surface area contributed by atoms with Crippen molar-refractivity contribution < 1.29 is 4.79 Å². The second-order valence-electron chi connectivity index (χ2n) is 5.36. The Bertz CT molecular complexity index is 246. The van der Waals surface area contributed by atoms with Gasteiger partial charge in [-0.2, -0.15) is 0 Å². The molecule has 80 valence electrons. The molecule has 14 heavy (non-hydrogen) atoms. The Hall–Kier alpha value is -0.570. The zero-order valence-electron chi connectivity index (χ0n) is 9.34. The summed E-state index contributed by atoms with van der Waals surface area (Å²) < 4.78 is 0. The van der Waals surface area contributed by atoms with Crippen molar-refractivity contribution >= 4 is 5.91 Å². The normalized spacial score (nSPS) is 28.6. The monoisotopic (exact) mass is 196 g/mol. The van der Waals surface area contributed by atoms with Gasteiger partial charge in [-0.3, -0.25) is 4.79 Å². The SMILES string of the molecule is CN(C(=O)CNC1CC1(C)C)C1CC1. The van der Waals surface area contributed by atoms with Gasteiger partial charge in [0.05, 0.1) is 6.54 Å². The van der Waals surface area contributed by atoms with Crippen LogP contribution in [0.4, 0.5) is 0 Å². The van der Waals surface area contributed by atoms with E-state index in [1.54, 1.807) is 0 Å². The number of hydrogen-bond donors (Lipinski definition) is 1. The molecule has 1 N–H and O–H groups in total. The maximum atomic E-state index is 11.6. The van der Waals surface area contributed by atoms with Crippen LogP contribution >= 0.6 is 0 Å². The third kappa shape index (κ3) is 2.08.